The molecule has 0 aromatic heterocycles. The summed E-state index contributed by atoms with van der Waals surface area (Å²) in [7, 11) is 1.10. The summed E-state index contributed by atoms with van der Waals surface area (Å²) in [4.78, 5) is 12.1. The Morgan fingerprint density at radius 3 is 0.833 bits per heavy atom. The number of methoxy groups -OCH3 is 1. The van der Waals surface area contributed by atoms with Crippen LogP contribution >= 0.6 is 0 Å². The van der Waals surface area contributed by atoms with Crippen molar-refractivity contribution in [2.75, 3.05) is 7.11 Å². The average Bonchev–Trinajstić information content (AvgIpc) is 4.05. The molecular weight excluding hydrogens is 925 g/mol. The molecule has 32 unspecified atom stereocenters. The van der Waals surface area contributed by atoms with E-state index in [1.807, 2.05) is 0 Å². The molecule has 1 aromatic carbocycles. The quantitative estimate of drug-likeness (QED) is 0.168. The van der Waals surface area contributed by atoms with E-state index in [0.29, 0.717) is 0 Å². The average molecular weight is 973 g/mol. The van der Waals surface area contributed by atoms with Gasteiger partial charge in [-0.2, -0.15) is 0 Å². The SMILES string of the molecule is COC(=O)c1ccc(OC2C(F)C(F)C(F)C3C4NC5NC(NC6NC(NC7NC(NC(N4)C23)C2C(F)C(F)C(F)C(F)C72)C2C(F)C(F)C(F)C(F)C62)C2C(F)C(F)C(F)C(F)C52)cc1. The van der Waals surface area contributed by atoms with E-state index >= 15 is 65.9 Å². The van der Waals surface area contributed by atoms with Gasteiger partial charge in [0.15, 0.2) is 49.4 Å². The zero-order chi connectivity index (χ0) is 47.1. The third kappa shape index (κ3) is 7.04. The minimum atomic E-state index is -3.08. The van der Waals surface area contributed by atoms with Crippen LogP contribution in [-0.4, -0.2) is 161 Å². The fourth-order valence-corrected chi connectivity index (χ4v) is 12.9. The number of halogens is 15. The van der Waals surface area contributed by atoms with Crippen LogP contribution in [0.4, 0.5) is 65.9 Å². The molecule has 370 valence electrons. The van der Waals surface area contributed by atoms with Crippen LogP contribution in [0, 0.1) is 47.3 Å². The zero-order valence-electron chi connectivity index (χ0n) is 34.2. The molecule has 32 atom stereocenters. The van der Waals surface area contributed by atoms with Gasteiger partial charge in [-0.25, -0.2) is 70.7 Å². The highest BCUT2D eigenvalue weighted by Gasteiger charge is 2.69. The monoisotopic (exact) mass is 972 g/mol. The van der Waals surface area contributed by atoms with Crippen molar-refractivity contribution in [1.82, 2.24) is 42.5 Å². The number of nitrogens with one attached hydrogen (secondary N) is 8. The summed E-state index contributed by atoms with van der Waals surface area (Å²) in [6.45, 7) is 0. The normalized spacial score (nSPS) is 57.6. The highest BCUT2D eigenvalue weighted by atomic mass is 19.2. The highest BCUT2D eigenvalue weighted by molar-refractivity contribution is 5.89. The first-order valence-corrected chi connectivity index (χ1v) is 21.9. The van der Waals surface area contributed by atoms with Crippen LogP contribution in [-0.2, 0) is 4.74 Å². The number of rotatable bonds is 3. The largest absolute Gasteiger partial charge is 0.487 e. The Kier molecular flexibility index (Phi) is 12.2. The maximum atomic E-state index is 16.6. The van der Waals surface area contributed by atoms with E-state index in [-0.39, 0.29) is 11.3 Å². The predicted octanol–water partition coefficient (Wildman–Crippen LogP) is 2.67. The van der Waals surface area contributed by atoms with Gasteiger partial charge in [0.05, 0.1) is 62.0 Å². The van der Waals surface area contributed by atoms with Crippen molar-refractivity contribution < 1.29 is 80.1 Å². The van der Waals surface area contributed by atoms with Crippen LogP contribution in [0.25, 0.3) is 0 Å². The summed E-state index contributed by atoms with van der Waals surface area (Å²) in [5, 5.41) is 21.9. The lowest BCUT2D eigenvalue weighted by molar-refractivity contribution is -0.104. The lowest BCUT2D eigenvalue weighted by Gasteiger charge is -2.44. The first kappa shape index (κ1) is 46.8. The van der Waals surface area contributed by atoms with Crippen molar-refractivity contribution in [2.24, 2.45) is 47.3 Å². The first-order chi connectivity index (χ1) is 31.3. The Labute approximate surface area is 366 Å². The molecule has 4 aliphatic carbocycles. The molecule has 11 nitrogen and oxygen atoms in total. The Balaban J connectivity index is 1.08. The summed E-state index contributed by atoms with van der Waals surface area (Å²) >= 11 is 0. The molecule has 10 rings (SSSR count). The molecule has 8 N–H and O–H groups in total. The van der Waals surface area contributed by atoms with E-state index in [4.69, 9.17) is 4.74 Å². The molecule has 9 aliphatic rings. The Morgan fingerprint density at radius 2 is 0.576 bits per heavy atom. The van der Waals surface area contributed by atoms with Crippen LogP contribution in [0.15, 0.2) is 24.3 Å². The molecule has 9 fully saturated rings. The molecule has 0 spiro atoms. The van der Waals surface area contributed by atoms with Gasteiger partial charge < -0.3 is 9.47 Å². The Bertz CT molecular complexity index is 1940. The van der Waals surface area contributed by atoms with Crippen molar-refractivity contribution in [3.63, 3.8) is 0 Å². The van der Waals surface area contributed by atoms with Crippen molar-refractivity contribution in [2.45, 2.75) is 148 Å². The molecular formula is C40H47F15N8O3. The van der Waals surface area contributed by atoms with Crippen molar-refractivity contribution >= 4 is 5.97 Å². The first-order valence-electron chi connectivity index (χ1n) is 21.9. The van der Waals surface area contributed by atoms with Gasteiger partial charge in [-0.05, 0) is 24.3 Å². The van der Waals surface area contributed by atoms with Gasteiger partial charge in [0.25, 0.3) is 0 Å². The predicted molar refractivity (Wildman–Crippen MR) is 199 cm³/mol. The summed E-state index contributed by atoms with van der Waals surface area (Å²) in [5.74, 6) is -16.0. The fraction of sp³-hybridized carbons (Fsp3) is 0.825. The van der Waals surface area contributed by atoms with Crippen LogP contribution < -0.4 is 47.3 Å². The number of benzene rings is 1. The van der Waals surface area contributed by atoms with Gasteiger partial charge in [-0.1, -0.05) is 0 Å². The lowest BCUT2D eigenvalue weighted by atomic mass is 9.72. The fourth-order valence-electron chi connectivity index (χ4n) is 12.9. The van der Waals surface area contributed by atoms with Crippen molar-refractivity contribution in [3.05, 3.63) is 29.8 Å². The summed E-state index contributed by atoms with van der Waals surface area (Å²) in [6, 6.07) is 4.78. The maximum Gasteiger partial charge on any atom is 0.337 e. The molecule has 5 aliphatic heterocycles. The maximum absolute atomic E-state index is 16.6. The number of hydrogen-bond acceptors (Lipinski definition) is 11. The standard InChI is InChI=1S/C40H47F15N8O3/c1-65-40(64)6-2-4-7(5-3-6)66-31-15-14(22(47)29(54)30(31)55)38-61-36-11-10(18(43)25(50)26(51)19(11)44)34(59-36)57-32-8-9(17(42)24(49)23(48)16(8)41)33(56-32)58-35-12-13(37(60-35)62-39(15)63-38)21(46)28(53)27(52)20(12)45/h2-5,8-39,56-63H,1H3. The van der Waals surface area contributed by atoms with Gasteiger partial charge in [-0.15, -0.1) is 0 Å². The van der Waals surface area contributed by atoms with Gasteiger partial charge in [0, 0.05) is 47.3 Å². The Hall–Kier alpha value is -2.88. The molecule has 4 saturated carbocycles. The van der Waals surface area contributed by atoms with Gasteiger partial charge in [-0.3, -0.25) is 42.5 Å². The van der Waals surface area contributed by atoms with Crippen molar-refractivity contribution in [1.29, 1.82) is 0 Å². The number of fused-ring (bicyclic) bond motifs is 20. The third-order valence-electron chi connectivity index (χ3n) is 15.9. The lowest BCUT2D eigenvalue weighted by Crippen LogP contribution is -2.63. The minimum absolute atomic E-state index is 0.0102. The summed E-state index contributed by atoms with van der Waals surface area (Å²) in [6.07, 6.45) is -59.8. The number of carbonyl (C=O) groups excluding carboxylic acids is 1. The second-order valence-corrected chi connectivity index (χ2v) is 19.0. The minimum Gasteiger partial charge on any atom is -0.487 e. The molecule has 1 aromatic rings. The van der Waals surface area contributed by atoms with Gasteiger partial charge in [0.1, 0.15) is 55.1 Å². The zero-order valence-corrected chi connectivity index (χ0v) is 34.2. The third-order valence-corrected chi connectivity index (χ3v) is 15.9. The number of esters is 1. The molecule has 5 saturated heterocycles. The van der Waals surface area contributed by atoms with E-state index < -0.39 is 201 Å². The smallest absolute Gasteiger partial charge is 0.337 e. The molecule has 0 amide bonds. The van der Waals surface area contributed by atoms with Crippen LogP contribution in [0.2, 0.25) is 0 Å². The topological polar surface area (TPSA) is 132 Å². The van der Waals surface area contributed by atoms with E-state index in [2.05, 4.69) is 47.3 Å². The molecule has 66 heavy (non-hydrogen) atoms. The van der Waals surface area contributed by atoms with E-state index in [0.717, 1.165) is 7.11 Å². The highest BCUT2D eigenvalue weighted by Crippen LogP contribution is 2.51. The Morgan fingerprint density at radius 1 is 0.348 bits per heavy atom. The number of hydrogen-bond donors (Lipinski definition) is 8. The summed E-state index contributed by atoms with van der Waals surface area (Å²) < 4.78 is 248. The molecule has 5 heterocycles. The second-order valence-electron chi connectivity index (χ2n) is 19.0. The number of carbonyl (C=O) groups is 1. The van der Waals surface area contributed by atoms with Gasteiger partial charge >= 0.3 is 5.97 Å². The molecule has 8 bridgehead atoms. The van der Waals surface area contributed by atoms with Crippen LogP contribution in [0.1, 0.15) is 10.4 Å². The number of alkyl halides is 15. The van der Waals surface area contributed by atoms with E-state index in [1.165, 1.54) is 24.3 Å². The van der Waals surface area contributed by atoms with E-state index in [9.17, 15) is 4.79 Å². The van der Waals surface area contributed by atoms with E-state index in [1.54, 1.807) is 0 Å². The van der Waals surface area contributed by atoms with Crippen LogP contribution in [0.5, 0.6) is 5.75 Å². The van der Waals surface area contributed by atoms with Crippen molar-refractivity contribution in [3.8, 4) is 5.75 Å². The molecule has 0 radical (unpaired) electrons. The number of ether oxygens (including phenoxy) is 2. The summed E-state index contributed by atoms with van der Waals surface area (Å²) in [5.41, 5.74) is 0.0102. The van der Waals surface area contributed by atoms with Crippen LogP contribution in [0.3, 0.4) is 0 Å². The molecule has 26 heteroatoms. The second kappa shape index (κ2) is 17.2. The van der Waals surface area contributed by atoms with Gasteiger partial charge in [0.2, 0.25) is 0 Å².